The molecule has 1 amide bonds. The van der Waals surface area contributed by atoms with Crippen molar-refractivity contribution in [2.45, 2.75) is 26.3 Å². The van der Waals surface area contributed by atoms with Gasteiger partial charge in [-0.1, -0.05) is 11.6 Å². The van der Waals surface area contributed by atoms with Crippen LogP contribution >= 0.6 is 22.9 Å². The SMILES string of the molecule is Cc1csc(C(=O)NC(C)(C)C(=O)O)c1Cl. The van der Waals surface area contributed by atoms with Gasteiger partial charge in [0.15, 0.2) is 0 Å². The van der Waals surface area contributed by atoms with E-state index in [4.69, 9.17) is 16.7 Å². The predicted octanol–water partition coefficient (Wildman–Crippen LogP) is 2.30. The molecule has 0 aliphatic heterocycles. The van der Waals surface area contributed by atoms with Crippen LogP contribution in [0, 0.1) is 6.92 Å². The molecule has 2 N–H and O–H groups in total. The summed E-state index contributed by atoms with van der Waals surface area (Å²) in [6.07, 6.45) is 0. The Morgan fingerprint density at radius 3 is 2.44 bits per heavy atom. The van der Waals surface area contributed by atoms with Gasteiger partial charge in [-0.2, -0.15) is 0 Å². The zero-order chi connectivity index (χ0) is 12.5. The standard InChI is InChI=1S/C10H12ClNO3S/c1-5-4-16-7(6(5)11)8(13)12-10(2,3)9(14)15/h4H,1-3H3,(H,12,13)(H,14,15). The van der Waals surface area contributed by atoms with Gasteiger partial charge in [0.25, 0.3) is 5.91 Å². The molecule has 16 heavy (non-hydrogen) atoms. The molecule has 1 rings (SSSR count). The van der Waals surface area contributed by atoms with E-state index in [1.165, 1.54) is 25.2 Å². The maximum absolute atomic E-state index is 11.8. The molecule has 1 aromatic heterocycles. The predicted molar refractivity (Wildman–Crippen MR) is 63.2 cm³/mol. The average molecular weight is 262 g/mol. The quantitative estimate of drug-likeness (QED) is 0.877. The van der Waals surface area contributed by atoms with Gasteiger partial charge in [0.2, 0.25) is 0 Å². The number of aryl methyl sites for hydroxylation is 1. The molecule has 0 radical (unpaired) electrons. The number of rotatable bonds is 3. The first-order valence-electron chi connectivity index (χ1n) is 4.55. The van der Waals surface area contributed by atoms with E-state index in [1.54, 1.807) is 12.3 Å². The van der Waals surface area contributed by atoms with E-state index in [2.05, 4.69) is 5.32 Å². The van der Waals surface area contributed by atoms with Crippen molar-refractivity contribution in [1.29, 1.82) is 0 Å². The van der Waals surface area contributed by atoms with Crippen LogP contribution in [0.2, 0.25) is 5.02 Å². The number of carboxylic acid groups (broad SMARTS) is 1. The van der Waals surface area contributed by atoms with Crippen molar-refractivity contribution in [2.75, 3.05) is 0 Å². The van der Waals surface area contributed by atoms with E-state index in [0.29, 0.717) is 9.90 Å². The maximum Gasteiger partial charge on any atom is 0.328 e. The lowest BCUT2D eigenvalue weighted by Gasteiger charge is -2.20. The summed E-state index contributed by atoms with van der Waals surface area (Å²) in [6, 6.07) is 0. The van der Waals surface area contributed by atoms with Gasteiger partial charge in [0.05, 0.1) is 5.02 Å². The van der Waals surface area contributed by atoms with Crippen molar-refractivity contribution in [3.8, 4) is 0 Å². The van der Waals surface area contributed by atoms with Crippen molar-refractivity contribution in [3.63, 3.8) is 0 Å². The fourth-order valence-corrected chi connectivity index (χ4v) is 2.15. The molecule has 0 spiro atoms. The summed E-state index contributed by atoms with van der Waals surface area (Å²) < 4.78 is 0. The van der Waals surface area contributed by atoms with Crippen molar-refractivity contribution in [2.24, 2.45) is 0 Å². The molecule has 0 saturated carbocycles. The van der Waals surface area contributed by atoms with Crippen LogP contribution in [-0.2, 0) is 4.79 Å². The molecule has 0 aromatic carbocycles. The lowest BCUT2D eigenvalue weighted by atomic mass is 10.1. The van der Waals surface area contributed by atoms with E-state index >= 15 is 0 Å². The highest BCUT2D eigenvalue weighted by Gasteiger charge is 2.30. The van der Waals surface area contributed by atoms with E-state index in [9.17, 15) is 9.59 Å². The number of carbonyl (C=O) groups excluding carboxylic acids is 1. The van der Waals surface area contributed by atoms with Crippen LogP contribution in [0.1, 0.15) is 29.1 Å². The second-order valence-corrected chi connectivity index (χ2v) is 5.20. The van der Waals surface area contributed by atoms with Crippen molar-refractivity contribution in [3.05, 3.63) is 20.8 Å². The molecule has 0 atom stereocenters. The topological polar surface area (TPSA) is 66.4 Å². The zero-order valence-electron chi connectivity index (χ0n) is 9.13. The first kappa shape index (κ1) is 13.0. The van der Waals surface area contributed by atoms with Crippen molar-refractivity contribution >= 4 is 34.8 Å². The van der Waals surface area contributed by atoms with Crippen LogP contribution in [0.25, 0.3) is 0 Å². The molecule has 1 aromatic rings. The number of carboxylic acids is 1. The lowest BCUT2D eigenvalue weighted by Crippen LogP contribution is -2.49. The summed E-state index contributed by atoms with van der Waals surface area (Å²) in [5, 5.41) is 13.4. The second-order valence-electron chi connectivity index (χ2n) is 3.95. The summed E-state index contributed by atoms with van der Waals surface area (Å²) in [5.41, 5.74) is -0.497. The first-order chi connectivity index (χ1) is 7.25. The number of nitrogens with one attached hydrogen (secondary N) is 1. The van der Waals surface area contributed by atoms with Crippen LogP contribution < -0.4 is 5.32 Å². The van der Waals surface area contributed by atoms with E-state index in [0.717, 1.165) is 5.56 Å². The Balaban J connectivity index is 2.89. The fourth-order valence-electron chi connectivity index (χ4n) is 0.977. The van der Waals surface area contributed by atoms with Crippen molar-refractivity contribution < 1.29 is 14.7 Å². The molecule has 0 aliphatic rings. The fraction of sp³-hybridized carbons (Fsp3) is 0.400. The minimum Gasteiger partial charge on any atom is -0.480 e. The Hall–Kier alpha value is -1.07. The number of hydrogen-bond donors (Lipinski definition) is 2. The Labute approximate surface area is 102 Å². The van der Waals surface area contributed by atoms with Crippen molar-refractivity contribution in [1.82, 2.24) is 5.32 Å². The molecule has 0 unspecified atom stereocenters. The first-order valence-corrected chi connectivity index (χ1v) is 5.81. The minimum atomic E-state index is -1.31. The number of hydrogen-bond acceptors (Lipinski definition) is 3. The Morgan fingerprint density at radius 2 is 2.06 bits per heavy atom. The lowest BCUT2D eigenvalue weighted by molar-refractivity contribution is -0.143. The number of thiophene rings is 1. The van der Waals surface area contributed by atoms with Gasteiger partial charge in [-0.3, -0.25) is 4.79 Å². The summed E-state index contributed by atoms with van der Waals surface area (Å²) in [6.45, 7) is 4.63. The van der Waals surface area contributed by atoms with Crippen LogP contribution in [-0.4, -0.2) is 22.5 Å². The Bertz CT molecular complexity index is 439. The molecule has 0 bridgehead atoms. The van der Waals surface area contributed by atoms with Crippen LogP contribution in [0.15, 0.2) is 5.38 Å². The van der Waals surface area contributed by atoms with Gasteiger partial charge < -0.3 is 10.4 Å². The summed E-state index contributed by atoms with van der Waals surface area (Å²) in [4.78, 5) is 22.9. The van der Waals surface area contributed by atoms with Gasteiger partial charge in [-0.25, -0.2) is 4.79 Å². The average Bonchev–Trinajstić information content (AvgIpc) is 2.46. The Kier molecular flexibility index (Phi) is 3.60. The monoisotopic (exact) mass is 261 g/mol. The van der Waals surface area contributed by atoms with E-state index in [-0.39, 0.29) is 0 Å². The largest absolute Gasteiger partial charge is 0.480 e. The molecule has 88 valence electrons. The molecule has 6 heteroatoms. The highest BCUT2D eigenvalue weighted by Crippen LogP contribution is 2.27. The summed E-state index contributed by atoms with van der Waals surface area (Å²) in [7, 11) is 0. The van der Waals surface area contributed by atoms with E-state index < -0.39 is 17.4 Å². The molecule has 1 heterocycles. The second kappa shape index (κ2) is 4.43. The van der Waals surface area contributed by atoms with Gasteiger partial charge in [-0.05, 0) is 31.7 Å². The number of carbonyl (C=O) groups is 2. The third kappa shape index (κ3) is 2.54. The smallest absolute Gasteiger partial charge is 0.328 e. The molecule has 0 fully saturated rings. The molecule has 0 saturated heterocycles. The Morgan fingerprint density at radius 1 is 1.50 bits per heavy atom. The van der Waals surface area contributed by atoms with Gasteiger partial charge in [0, 0.05) is 0 Å². The van der Waals surface area contributed by atoms with Crippen LogP contribution in [0.3, 0.4) is 0 Å². The van der Waals surface area contributed by atoms with Crippen LogP contribution in [0.4, 0.5) is 0 Å². The summed E-state index contributed by atoms with van der Waals surface area (Å²) in [5.74, 6) is -1.55. The van der Waals surface area contributed by atoms with Gasteiger partial charge in [-0.15, -0.1) is 11.3 Å². The third-order valence-corrected chi connectivity index (χ3v) is 3.76. The minimum absolute atomic E-state index is 0.341. The molecular weight excluding hydrogens is 250 g/mol. The number of amides is 1. The normalized spacial score (nSPS) is 11.2. The molecular formula is C10H12ClNO3S. The summed E-state index contributed by atoms with van der Waals surface area (Å²) >= 11 is 7.11. The highest BCUT2D eigenvalue weighted by molar-refractivity contribution is 7.13. The zero-order valence-corrected chi connectivity index (χ0v) is 10.7. The van der Waals surface area contributed by atoms with Gasteiger partial charge >= 0.3 is 5.97 Å². The number of halogens is 1. The molecule has 4 nitrogen and oxygen atoms in total. The molecule has 0 aliphatic carbocycles. The van der Waals surface area contributed by atoms with E-state index in [1.807, 2.05) is 0 Å². The number of aliphatic carboxylic acids is 1. The third-order valence-electron chi connectivity index (χ3n) is 2.07. The van der Waals surface area contributed by atoms with Gasteiger partial charge in [0.1, 0.15) is 10.4 Å². The highest BCUT2D eigenvalue weighted by atomic mass is 35.5. The maximum atomic E-state index is 11.8. The van der Waals surface area contributed by atoms with Crippen LogP contribution in [0.5, 0.6) is 0 Å².